The molecule has 1 aliphatic carbocycles. The van der Waals surface area contributed by atoms with Crippen LogP contribution < -0.4 is 0 Å². The number of hydrazine groups is 1. The van der Waals surface area contributed by atoms with E-state index in [1.807, 2.05) is 12.1 Å². The fourth-order valence-electron chi connectivity index (χ4n) is 7.40. The quantitative estimate of drug-likeness (QED) is 0.455. The van der Waals surface area contributed by atoms with Crippen LogP contribution in [0.1, 0.15) is 56.1 Å². The van der Waals surface area contributed by atoms with Gasteiger partial charge >= 0.3 is 5.82 Å². The second-order valence-corrected chi connectivity index (χ2v) is 13.1. The summed E-state index contributed by atoms with van der Waals surface area (Å²) in [7, 11) is 3.89. The van der Waals surface area contributed by atoms with E-state index >= 15 is 0 Å². The average molecular weight is 617 g/mol. The summed E-state index contributed by atoms with van der Waals surface area (Å²) in [4.78, 5) is 52.4. The molecule has 0 radical (unpaired) electrons. The molecule has 6 rings (SSSR count). The Morgan fingerprint density at radius 1 is 1.07 bits per heavy atom. The Balaban J connectivity index is 1.30. The minimum absolute atomic E-state index is 0.00245. The van der Waals surface area contributed by atoms with Crippen molar-refractivity contribution >= 4 is 29.8 Å². The fraction of sp³-hybridized carbons (Fsp3) is 0.559. The molecule has 3 fully saturated rings. The van der Waals surface area contributed by atoms with E-state index in [0.717, 1.165) is 43.0 Å². The zero-order valence-electron chi connectivity index (χ0n) is 26.6. The highest BCUT2D eigenvalue weighted by atomic mass is 16.3. The number of nitrogens with zero attached hydrogens (tertiary/aromatic N) is 7. The number of rotatable bonds is 8. The van der Waals surface area contributed by atoms with Crippen LogP contribution >= 0.6 is 0 Å². The molecule has 3 amide bonds. The van der Waals surface area contributed by atoms with Gasteiger partial charge in [0.25, 0.3) is 0 Å². The van der Waals surface area contributed by atoms with E-state index < -0.39 is 12.2 Å². The van der Waals surface area contributed by atoms with E-state index in [1.54, 1.807) is 57.3 Å². The predicted octanol–water partition coefficient (Wildman–Crippen LogP) is 2.61. The van der Waals surface area contributed by atoms with Gasteiger partial charge < -0.3 is 14.9 Å². The van der Waals surface area contributed by atoms with Crippen LogP contribution in [-0.4, -0.2) is 122 Å². The van der Waals surface area contributed by atoms with E-state index in [-0.39, 0.29) is 43.0 Å². The molecular formula is C34H46N7O4+. The second kappa shape index (κ2) is 13.7. The summed E-state index contributed by atoms with van der Waals surface area (Å²) in [6.45, 7) is 3.11. The lowest BCUT2D eigenvalue weighted by Crippen LogP contribution is -2.75. The number of benzene rings is 1. The van der Waals surface area contributed by atoms with Crippen molar-refractivity contribution in [2.75, 3.05) is 46.8 Å². The van der Waals surface area contributed by atoms with Crippen LogP contribution in [0.2, 0.25) is 0 Å². The summed E-state index contributed by atoms with van der Waals surface area (Å²) in [6, 6.07) is 9.88. The molecule has 1 aromatic carbocycles. The fourth-order valence-corrected chi connectivity index (χ4v) is 7.40. The Hall–Kier alpha value is -3.83. The maximum absolute atomic E-state index is 14.3. The van der Waals surface area contributed by atoms with Gasteiger partial charge in [0.1, 0.15) is 30.7 Å². The van der Waals surface area contributed by atoms with Gasteiger partial charge in [0.15, 0.2) is 0 Å². The highest BCUT2D eigenvalue weighted by Crippen LogP contribution is 2.32. The first-order valence-electron chi connectivity index (χ1n) is 16.4. The Morgan fingerprint density at radius 3 is 2.58 bits per heavy atom. The third-order valence-corrected chi connectivity index (χ3v) is 9.89. The van der Waals surface area contributed by atoms with E-state index in [2.05, 4.69) is 22.7 Å². The molecule has 1 N–H and O–H groups in total. The van der Waals surface area contributed by atoms with Crippen LogP contribution in [-0.2, 0) is 27.3 Å². The van der Waals surface area contributed by atoms with Crippen molar-refractivity contribution in [2.24, 2.45) is 5.92 Å². The molecule has 240 valence electrons. The molecule has 1 aromatic heterocycles. The Kier molecular flexibility index (Phi) is 9.46. The van der Waals surface area contributed by atoms with Crippen molar-refractivity contribution in [1.82, 2.24) is 29.7 Å². The van der Waals surface area contributed by atoms with Gasteiger partial charge in [0.2, 0.25) is 17.7 Å². The van der Waals surface area contributed by atoms with Crippen molar-refractivity contribution < 1.29 is 24.1 Å². The summed E-state index contributed by atoms with van der Waals surface area (Å²) in [5.41, 5.74) is 1.76. The van der Waals surface area contributed by atoms with Crippen LogP contribution in [0.15, 0.2) is 42.6 Å². The van der Waals surface area contributed by atoms with Crippen molar-refractivity contribution in [3.8, 4) is 5.75 Å². The molecule has 2 aromatic rings. The molecule has 4 aliphatic rings. The predicted molar refractivity (Wildman–Crippen MR) is 170 cm³/mol. The standard InChI is InChI=1S/C34H45N7O4/c1-36-17-19-38(20-18-36)33-27(9-6-16-35-33)22-39-23-30-40(29(34(39)45)21-26-10-13-28(42)14-11-26)32(44)24-37(2)41(30)31(43)15-12-25-7-4-3-5-8-25/h6,9-11,13-14,16,19,25,29-30H,3-5,7-8,12,15,17-18,20-24H2,1-2H3/p+1/t29-,30?/m0/s1. The molecule has 2 atom stereocenters. The molecule has 4 heterocycles. The molecule has 3 aliphatic heterocycles. The van der Waals surface area contributed by atoms with Gasteiger partial charge in [-0.1, -0.05) is 44.2 Å². The number of likely N-dealkylation sites (N-methyl/N-ethyl adjacent to an activating group) is 2. The van der Waals surface area contributed by atoms with Crippen molar-refractivity contribution in [3.63, 3.8) is 0 Å². The van der Waals surface area contributed by atoms with Gasteiger partial charge in [0, 0.05) is 26.4 Å². The summed E-state index contributed by atoms with van der Waals surface area (Å²) < 4.78 is 2.16. The number of carbonyl (C=O) groups is 3. The van der Waals surface area contributed by atoms with E-state index in [1.165, 1.54) is 32.1 Å². The molecular weight excluding hydrogens is 570 g/mol. The highest BCUT2D eigenvalue weighted by molar-refractivity contribution is 5.92. The number of phenolic OH excluding ortho intramolecular Hbond substituents is 1. The van der Waals surface area contributed by atoms with Gasteiger partial charge in [0.05, 0.1) is 38.0 Å². The smallest absolute Gasteiger partial charge is 0.327 e. The summed E-state index contributed by atoms with van der Waals surface area (Å²) in [5.74, 6) is 1.22. The maximum Gasteiger partial charge on any atom is 0.327 e. The van der Waals surface area contributed by atoms with Gasteiger partial charge in [-0.05, 0) is 54.2 Å². The molecule has 1 saturated carbocycles. The first-order valence-corrected chi connectivity index (χ1v) is 16.4. The average Bonchev–Trinajstić information content (AvgIpc) is 3.04. The first-order chi connectivity index (χ1) is 21.8. The summed E-state index contributed by atoms with van der Waals surface area (Å²) in [6.07, 6.45) is 10.9. The maximum atomic E-state index is 14.3. The third kappa shape index (κ3) is 6.89. The number of hydrogen-bond acceptors (Lipinski definition) is 7. The number of fused-ring (bicyclic) bond motifs is 1. The highest BCUT2D eigenvalue weighted by Gasteiger charge is 2.50. The Bertz CT molecular complexity index is 1420. The minimum atomic E-state index is -0.779. The van der Waals surface area contributed by atoms with Crippen LogP contribution in [0, 0.1) is 5.92 Å². The van der Waals surface area contributed by atoms with Gasteiger partial charge in [-0.25, -0.2) is 9.58 Å². The molecule has 0 bridgehead atoms. The monoisotopic (exact) mass is 616 g/mol. The number of hydrogen-bond donors (Lipinski definition) is 1. The summed E-state index contributed by atoms with van der Waals surface area (Å²) >= 11 is 0. The number of piperazine rings is 1. The normalized spacial score (nSPS) is 23.7. The Labute approximate surface area is 265 Å². The second-order valence-electron chi connectivity index (χ2n) is 13.1. The molecule has 2 saturated heterocycles. The largest absolute Gasteiger partial charge is 0.508 e. The van der Waals surface area contributed by atoms with E-state index in [0.29, 0.717) is 18.9 Å². The molecule has 1 unspecified atom stereocenters. The van der Waals surface area contributed by atoms with Crippen LogP contribution in [0.5, 0.6) is 5.75 Å². The van der Waals surface area contributed by atoms with Crippen LogP contribution in [0.3, 0.4) is 0 Å². The number of carbonyl (C=O) groups excluding carboxylic acids is 3. The lowest BCUT2D eigenvalue weighted by Gasteiger charge is -2.54. The van der Waals surface area contributed by atoms with Gasteiger partial charge in [-0.15, -0.1) is 0 Å². The topological polar surface area (TPSA) is 104 Å². The first kappa shape index (κ1) is 31.2. The third-order valence-electron chi connectivity index (χ3n) is 9.89. The van der Waals surface area contributed by atoms with Crippen molar-refractivity contribution in [3.05, 3.63) is 53.7 Å². The molecule has 11 nitrogen and oxygen atoms in total. The number of pyridine rings is 1. The molecule has 11 heteroatoms. The van der Waals surface area contributed by atoms with Gasteiger partial charge in [-0.3, -0.25) is 24.3 Å². The van der Waals surface area contributed by atoms with Crippen LogP contribution in [0.25, 0.3) is 0 Å². The zero-order chi connectivity index (χ0) is 31.5. The van der Waals surface area contributed by atoms with Gasteiger partial charge in [-0.2, -0.15) is 0 Å². The number of aromatic nitrogens is 1. The number of amides is 3. The van der Waals surface area contributed by atoms with E-state index in [9.17, 15) is 19.5 Å². The minimum Gasteiger partial charge on any atom is -0.508 e. The molecule has 0 spiro atoms. The Morgan fingerprint density at radius 2 is 1.84 bits per heavy atom. The number of phenols is 1. The van der Waals surface area contributed by atoms with Crippen molar-refractivity contribution in [1.29, 1.82) is 0 Å². The summed E-state index contributed by atoms with van der Waals surface area (Å²) in [5, 5.41) is 13.3. The molecule has 45 heavy (non-hydrogen) atoms. The lowest BCUT2D eigenvalue weighted by atomic mass is 9.86. The van der Waals surface area contributed by atoms with Crippen molar-refractivity contribution in [2.45, 2.75) is 70.1 Å². The lowest BCUT2D eigenvalue weighted by molar-refractivity contribution is -0.447. The van der Waals surface area contributed by atoms with Crippen LogP contribution in [0.4, 0.5) is 5.82 Å². The van der Waals surface area contributed by atoms with E-state index in [4.69, 9.17) is 4.98 Å². The zero-order valence-corrected chi connectivity index (χ0v) is 26.6. The number of aromatic hydroxyl groups is 1. The SMILES string of the molecule is CN1CC=[N+](c2ncccc2CN2CC3N(C(=O)CN(C)N3C(=O)CCC3CCCCC3)[C@@H](Cc3ccc(O)cc3)C2=O)CC1.